The first-order chi connectivity index (χ1) is 13.3. The molecule has 0 aliphatic carbocycles. The molecule has 0 aromatic carbocycles. The van der Waals surface area contributed by atoms with E-state index in [9.17, 15) is 4.79 Å². The van der Waals surface area contributed by atoms with Crippen LogP contribution in [0.1, 0.15) is 50.7 Å². The van der Waals surface area contributed by atoms with E-state index in [1.165, 1.54) is 5.57 Å². The van der Waals surface area contributed by atoms with Crippen LogP contribution in [-0.4, -0.2) is 41.7 Å². The van der Waals surface area contributed by atoms with Crippen molar-refractivity contribution in [2.24, 2.45) is 12.0 Å². The van der Waals surface area contributed by atoms with E-state index in [2.05, 4.69) is 11.6 Å². The van der Waals surface area contributed by atoms with Crippen LogP contribution in [0.3, 0.4) is 0 Å². The molecule has 1 aromatic heterocycles. The van der Waals surface area contributed by atoms with Crippen molar-refractivity contribution in [2.75, 3.05) is 26.3 Å². The third-order valence-electron chi connectivity index (χ3n) is 4.44. The maximum Gasteiger partial charge on any atom is 0.254 e. The summed E-state index contributed by atoms with van der Waals surface area (Å²) in [6.07, 6.45) is 4.05. The molecule has 0 radical (unpaired) electrons. The molecule has 5 nitrogen and oxygen atoms in total. The van der Waals surface area contributed by atoms with Gasteiger partial charge in [0.1, 0.15) is 5.49 Å². The van der Waals surface area contributed by atoms with Gasteiger partial charge in [-0.05, 0) is 45.4 Å². The molecule has 28 heavy (non-hydrogen) atoms. The first-order valence-electron chi connectivity index (χ1n) is 9.90. The monoisotopic (exact) mass is 385 g/mol. The van der Waals surface area contributed by atoms with E-state index < -0.39 is 0 Å². The number of hydrogen-bond acceptors (Lipinski definition) is 3. The minimum atomic E-state index is 0.0240. The molecule has 5 heteroatoms. The first-order valence-corrected chi connectivity index (χ1v) is 9.90. The van der Waals surface area contributed by atoms with Gasteiger partial charge in [0.2, 0.25) is 0 Å². The Morgan fingerprint density at radius 1 is 1.14 bits per heavy atom. The second-order valence-corrected chi connectivity index (χ2v) is 6.86. The van der Waals surface area contributed by atoms with Crippen LogP contribution in [0.25, 0.3) is 0 Å². The van der Waals surface area contributed by atoms with Gasteiger partial charge in [-0.25, -0.2) is 4.99 Å². The van der Waals surface area contributed by atoms with Gasteiger partial charge in [0.15, 0.2) is 0 Å². The van der Waals surface area contributed by atoms with Gasteiger partial charge >= 0.3 is 0 Å². The Kier molecular flexibility index (Phi) is 9.66. The number of nitrogens with zero attached hydrogens (tertiary/aromatic N) is 3. The molecule has 1 aromatic rings. The lowest BCUT2D eigenvalue weighted by Crippen LogP contribution is -2.41. The van der Waals surface area contributed by atoms with Gasteiger partial charge in [-0.15, -0.1) is 0 Å². The van der Waals surface area contributed by atoms with Crippen LogP contribution in [0.15, 0.2) is 52.7 Å². The van der Waals surface area contributed by atoms with E-state index >= 15 is 0 Å². The fourth-order valence-electron chi connectivity index (χ4n) is 2.57. The molecule has 1 saturated heterocycles. The van der Waals surface area contributed by atoms with Crippen molar-refractivity contribution in [1.82, 2.24) is 9.47 Å². The van der Waals surface area contributed by atoms with E-state index in [1.54, 1.807) is 0 Å². The first kappa shape index (κ1) is 23.6. The lowest BCUT2D eigenvalue weighted by Gasteiger charge is -2.27. The van der Waals surface area contributed by atoms with E-state index in [1.807, 2.05) is 82.3 Å². The number of aryl methyl sites for hydroxylation is 1. The molecule has 0 bridgehead atoms. The zero-order valence-electron chi connectivity index (χ0n) is 18.5. The average Bonchev–Trinajstić information content (AvgIpc) is 2.70. The van der Waals surface area contributed by atoms with Crippen LogP contribution in [0.4, 0.5) is 0 Å². The summed E-state index contributed by atoms with van der Waals surface area (Å²) in [5, 5.41) is 0. The SMILES string of the molecule is C=C(N=c1cc(C(=O)N2CCOCC2)cc(C)n1C)/C(C)=C/C=C(C)C.CC. The number of allylic oxidation sites excluding steroid dienone is 4. The topological polar surface area (TPSA) is 46.8 Å². The Morgan fingerprint density at radius 3 is 2.32 bits per heavy atom. The molecule has 1 fully saturated rings. The van der Waals surface area contributed by atoms with Gasteiger partial charge in [-0.1, -0.05) is 38.2 Å². The van der Waals surface area contributed by atoms with Crippen molar-refractivity contribution in [1.29, 1.82) is 0 Å². The smallest absolute Gasteiger partial charge is 0.254 e. The van der Waals surface area contributed by atoms with Crippen molar-refractivity contribution in [3.05, 3.63) is 64.5 Å². The minimum absolute atomic E-state index is 0.0240. The van der Waals surface area contributed by atoms with Gasteiger partial charge in [-0.3, -0.25) is 4.79 Å². The van der Waals surface area contributed by atoms with Gasteiger partial charge in [0, 0.05) is 31.4 Å². The molecular weight excluding hydrogens is 350 g/mol. The number of rotatable bonds is 4. The van der Waals surface area contributed by atoms with E-state index in [0.717, 1.165) is 16.8 Å². The molecule has 1 amide bonds. The van der Waals surface area contributed by atoms with Crippen molar-refractivity contribution in [3.63, 3.8) is 0 Å². The van der Waals surface area contributed by atoms with Crippen LogP contribution in [0.5, 0.6) is 0 Å². The molecule has 2 heterocycles. The lowest BCUT2D eigenvalue weighted by atomic mass is 10.1. The Hall–Kier alpha value is -2.40. The summed E-state index contributed by atoms with van der Waals surface area (Å²) in [6, 6.07) is 3.75. The summed E-state index contributed by atoms with van der Waals surface area (Å²) >= 11 is 0. The highest BCUT2D eigenvalue weighted by atomic mass is 16.5. The molecule has 0 spiro atoms. The van der Waals surface area contributed by atoms with Crippen LogP contribution in [0.2, 0.25) is 0 Å². The van der Waals surface area contributed by atoms with E-state index in [4.69, 9.17) is 4.74 Å². The molecule has 1 aliphatic heterocycles. The molecule has 1 aliphatic rings. The van der Waals surface area contributed by atoms with Crippen LogP contribution in [-0.2, 0) is 11.8 Å². The van der Waals surface area contributed by atoms with Crippen molar-refractivity contribution < 1.29 is 9.53 Å². The fraction of sp³-hybridized carbons (Fsp3) is 0.478. The lowest BCUT2D eigenvalue weighted by molar-refractivity contribution is 0.0302. The van der Waals surface area contributed by atoms with Gasteiger partial charge in [0.25, 0.3) is 5.91 Å². The molecule has 0 atom stereocenters. The van der Waals surface area contributed by atoms with Crippen LogP contribution in [0, 0.1) is 6.92 Å². The number of morpholine rings is 1. The Bertz CT molecular complexity index is 819. The molecule has 0 saturated carbocycles. The van der Waals surface area contributed by atoms with Gasteiger partial charge in [0.05, 0.1) is 18.9 Å². The molecule has 154 valence electrons. The number of hydrogen-bond donors (Lipinski definition) is 0. The summed E-state index contributed by atoms with van der Waals surface area (Å²) < 4.78 is 7.30. The van der Waals surface area contributed by atoms with Crippen molar-refractivity contribution in [2.45, 2.75) is 41.5 Å². The Labute approximate surface area is 169 Å². The summed E-state index contributed by atoms with van der Waals surface area (Å²) in [5.41, 5.74) is 5.25. The normalized spacial score (nSPS) is 14.9. The van der Waals surface area contributed by atoms with Crippen LogP contribution < -0.4 is 5.49 Å². The summed E-state index contributed by atoms with van der Waals surface area (Å²) in [5.74, 6) is 0.0240. The highest BCUT2D eigenvalue weighted by Gasteiger charge is 2.19. The fourth-order valence-corrected chi connectivity index (χ4v) is 2.57. The summed E-state index contributed by atoms with van der Waals surface area (Å²) in [6.45, 7) is 18.6. The van der Waals surface area contributed by atoms with Gasteiger partial charge < -0.3 is 14.2 Å². The Balaban J connectivity index is 0.00000190. The summed E-state index contributed by atoms with van der Waals surface area (Å²) in [7, 11) is 1.94. The predicted octanol–water partition coefficient (Wildman–Crippen LogP) is 4.16. The number of aromatic nitrogens is 1. The zero-order chi connectivity index (χ0) is 21.3. The zero-order valence-corrected chi connectivity index (χ0v) is 18.5. The maximum atomic E-state index is 12.8. The molecule has 0 unspecified atom stereocenters. The average molecular weight is 386 g/mol. The third-order valence-corrected chi connectivity index (χ3v) is 4.44. The van der Waals surface area contributed by atoms with Crippen molar-refractivity contribution >= 4 is 5.91 Å². The Morgan fingerprint density at radius 2 is 1.75 bits per heavy atom. The maximum absolute atomic E-state index is 12.8. The molecule has 2 rings (SSSR count). The number of ether oxygens (including phenoxy) is 1. The molecular formula is C23H35N3O2. The summed E-state index contributed by atoms with van der Waals surface area (Å²) in [4.78, 5) is 19.3. The number of carbonyl (C=O) groups excluding carboxylic acids is 1. The van der Waals surface area contributed by atoms with E-state index in [0.29, 0.717) is 37.6 Å². The second-order valence-electron chi connectivity index (χ2n) is 6.86. The number of pyridine rings is 1. The minimum Gasteiger partial charge on any atom is -0.378 e. The number of amides is 1. The van der Waals surface area contributed by atoms with Crippen molar-refractivity contribution in [3.8, 4) is 0 Å². The predicted molar refractivity (Wildman–Crippen MR) is 116 cm³/mol. The van der Waals surface area contributed by atoms with E-state index in [-0.39, 0.29) is 5.91 Å². The quantitative estimate of drug-likeness (QED) is 0.731. The third kappa shape index (κ3) is 6.64. The highest BCUT2D eigenvalue weighted by Crippen LogP contribution is 2.10. The number of carbonyl (C=O) groups is 1. The van der Waals surface area contributed by atoms with Crippen LogP contribution >= 0.6 is 0 Å². The second kappa shape index (κ2) is 11.4. The van der Waals surface area contributed by atoms with Gasteiger partial charge in [-0.2, -0.15) is 0 Å². The largest absolute Gasteiger partial charge is 0.378 e. The standard InChI is InChI=1S/C21H29N3O2.C2H6/c1-15(2)7-8-16(3)18(5)22-20-14-19(13-17(4)23(20)6)21(25)24-9-11-26-12-10-24;1-2/h7-8,13-14H,5,9-12H2,1-4,6H3;1-2H3/b16-8+,22-20?;. The molecule has 0 N–H and O–H groups in total. The highest BCUT2D eigenvalue weighted by molar-refractivity contribution is 5.94.